The van der Waals surface area contributed by atoms with E-state index in [-0.39, 0.29) is 0 Å². The van der Waals surface area contributed by atoms with Crippen LogP contribution in [-0.2, 0) is 16.2 Å². The number of hydrogen-bond donors (Lipinski definition) is 0. The van der Waals surface area contributed by atoms with E-state index in [1.54, 1.807) is 0 Å². The van der Waals surface area contributed by atoms with Gasteiger partial charge in [-0.15, -0.1) is 0 Å². The highest BCUT2D eigenvalue weighted by atomic mass is 32.2. The second-order valence-electron chi connectivity index (χ2n) is 22.8. The molecule has 392 valence electrons. The second kappa shape index (κ2) is 18.2. The molecular weight excluding hydrogens is 1050 g/mol. The van der Waals surface area contributed by atoms with E-state index in [1.807, 2.05) is 23.5 Å². The van der Waals surface area contributed by atoms with Gasteiger partial charge in [0.05, 0.1) is 27.6 Å². The minimum atomic E-state index is -0.573. The summed E-state index contributed by atoms with van der Waals surface area (Å²) in [4.78, 5) is 7.82. The Morgan fingerprint density at radius 3 is 1.13 bits per heavy atom. The van der Waals surface area contributed by atoms with E-state index in [2.05, 4.69) is 314 Å². The molecule has 0 amide bonds. The molecule has 13 aromatic rings. The van der Waals surface area contributed by atoms with Crippen LogP contribution >= 0.6 is 23.5 Å². The van der Waals surface area contributed by atoms with Crippen LogP contribution in [0.15, 0.2) is 329 Å². The Morgan fingerprint density at radius 1 is 0.214 bits per heavy atom. The van der Waals surface area contributed by atoms with Gasteiger partial charge in [-0.3, -0.25) is 0 Å². The highest BCUT2D eigenvalue weighted by Gasteiger charge is 2.53. The first-order chi connectivity index (χ1) is 41.7. The highest BCUT2D eigenvalue weighted by Crippen LogP contribution is 2.67. The summed E-state index contributed by atoms with van der Waals surface area (Å²) in [5, 5.41) is 0. The molecule has 0 fully saturated rings. The van der Waals surface area contributed by atoms with E-state index in [0.29, 0.717) is 0 Å². The Morgan fingerprint density at radius 2 is 0.571 bits per heavy atom. The van der Waals surface area contributed by atoms with Crippen LogP contribution in [0.3, 0.4) is 0 Å². The normalized spacial score (nSPS) is 14.9. The molecule has 3 heteroatoms. The Labute approximate surface area is 498 Å². The van der Waals surface area contributed by atoms with Crippen LogP contribution in [0.2, 0.25) is 0 Å². The zero-order valence-corrected chi connectivity index (χ0v) is 47.3. The molecule has 0 unspecified atom stereocenters. The molecule has 0 atom stereocenters. The predicted octanol–water partition coefficient (Wildman–Crippen LogP) is 20.8. The molecule has 0 bridgehead atoms. The van der Waals surface area contributed by atoms with Crippen LogP contribution in [0.5, 0.6) is 0 Å². The summed E-state index contributed by atoms with van der Waals surface area (Å²) in [6, 6.07) is 118. The van der Waals surface area contributed by atoms with Gasteiger partial charge in [0.15, 0.2) is 0 Å². The van der Waals surface area contributed by atoms with Gasteiger partial charge in [-0.1, -0.05) is 284 Å². The third-order valence-electron chi connectivity index (χ3n) is 19.1. The molecule has 2 aliphatic heterocycles. The van der Waals surface area contributed by atoms with Gasteiger partial charge in [0, 0.05) is 36.4 Å². The van der Waals surface area contributed by atoms with Gasteiger partial charge in [-0.25, -0.2) is 0 Å². The average Bonchev–Trinajstić information content (AvgIpc) is 1.56. The Hall–Kier alpha value is -9.64. The number of rotatable bonds is 6. The van der Waals surface area contributed by atoms with Crippen molar-refractivity contribution in [3.05, 3.63) is 376 Å². The third kappa shape index (κ3) is 6.22. The molecule has 0 aromatic heterocycles. The zero-order valence-electron chi connectivity index (χ0n) is 45.7. The summed E-state index contributed by atoms with van der Waals surface area (Å²) in [5.74, 6) is 0. The lowest BCUT2D eigenvalue weighted by Crippen LogP contribution is -2.32. The fraction of sp³-hybridized carbons (Fsp3) is 0.0370. The first-order valence-corrected chi connectivity index (χ1v) is 30.8. The summed E-state index contributed by atoms with van der Waals surface area (Å²) in [7, 11) is 0. The highest BCUT2D eigenvalue weighted by molar-refractivity contribution is 7.99. The smallest absolute Gasteiger partial charge is 0.0736 e. The lowest BCUT2D eigenvalue weighted by atomic mass is 9.67. The minimum Gasteiger partial charge on any atom is -0.309 e. The van der Waals surface area contributed by atoms with Crippen LogP contribution in [0.4, 0.5) is 17.1 Å². The van der Waals surface area contributed by atoms with Crippen molar-refractivity contribution < 1.29 is 0 Å². The lowest BCUT2D eigenvalue weighted by Gasteiger charge is -2.40. The topological polar surface area (TPSA) is 3.24 Å². The van der Waals surface area contributed by atoms with Gasteiger partial charge in [0.1, 0.15) is 0 Å². The van der Waals surface area contributed by atoms with E-state index in [1.165, 1.54) is 125 Å². The van der Waals surface area contributed by atoms with E-state index in [4.69, 9.17) is 0 Å². The molecule has 0 saturated carbocycles. The van der Waals surface area contributed by atoms with Crippen LogP contribution < -0.4 is 4.90 Å². The van der Waals surface area contributed by atoms with E-state index >= 15 is 0 Å². The largest absolute Gasteiger partial charge is 0.309 e. The Balaban J connectivity index is 0.955. The van der Waals surface area contributed by atoms with Crippen LogP contribution in [0.1, 0.15) is 66.8 Å². The standard InChI is InChI=1S/C81H51NS2/c1-3-25-52(26-4-1)79(53-27-5-2-6-28-53)62-35-12-8-31-59(62)77-58(33-23-41-68(77)79)57-30-10-18-43-71(57)82(54-49-50-56-55-29-7-11-34-61(55)81(70(56)51-54)66-39-16-21-47-75(66)84-76-48-22-17-40-67(76)81)72-44-24-42-69-78(72)60-32-9-13-36-63(60)80(69)64-37-14-19-45-73(64)83-74-46-20-15-38-65(74)80/h1-51H. The monoisotopic (exact) mass is 1100 g/mol. The first-order valence-electron chi connectivity index (χ1n) is 29.2. The maximum Gasteiger partial charge on any atom is 0.0736 e. The second-order valence-corrected chi connectivity index (χ2v) is 25.0. The lowest BCUT2D eigenvalue weighted by molar-refractivity contribution is 0.722. The number of fused-ring (bicyclic) bond motifs is 21. The molecular formula is C81H51NS2. The van der Waals surface area contributed by atoms with E-state index in [0.717, 1.165) is 22.6 Å². The van der Waals surface area contributed by atoms with Crippen molar-refractivity contribution >= 4 is 40.6 Å². The summed E-state index contributed by atoms with van der Waals surface area (Å²) in [6.07, 6.45) is 0. The summed E-state index contributed by atoms with van der Waals surface area (Å²) < 4.78 is 0. The molecule has 84 heavy (non-hydrogen) atoms. The van der Waals surface area contributed by atoms with Crippen molar-refractivity contribution in [3.8, 4) is 44.5 Å². The average molecular weight is 1100 g/mol. The summed E-state index contributed by atoms with van der Waals surface area (Å²) in [6.45, 7) is 0. The molecule has 3 aliphatic carbocycles. The van der Waals surface area contributed by atoms with Crippen LogP contribution in [0, 0.1) is 0 Å². The van der Waals surface area contributed by atoms with Crippen molar-refractivity contribution in [1.29, 1.82) is 0 Å². The number of anilines is 3. The van der Waals surface area contributed by atoms with Crippen molar-refractivity contribution in [3.63, 3.8) is 0 Å². The van der Waals surface area contributed by atoms with Gasteiger partial charge >= 0.3 is 0 Å². The van der Waals surface area contributed by atoms with Gasteiger partial charge in [-0.2, -0.15) is 0 Å². The molecule has 2 heterocycles. The maximum atomic E-state index is 2.65. The molecule has 0 radical (unpaired) electrons. The molecule has 1 nitrogen and oxygen atoms in total. The molecule has 0 saturated heterocycles. The van der Waals surface area contributed by atoms with Crippen LogP contribution in [-0.4, -0.2) is 0 Å². The maximum absolute atomic E-state index is 2.65. The zero-order chi connectivity index (χ0) is 55.1. The Bertz CT molecular complexity index is 4750. The van der Waals surface area contributed by atoms with E-state index in [9.17, 15) is 0 Å². The molecule has 13 aromatic carbocycles. The van der Waals surface area contributed by atoms with Crippen molar-refractivity contribution in [2.45, 2.75) is 35.8 Å². The van der Waals surface area contributed by atoms with Crippen molar-refractivity contribution in [1.82, 2.24) is 0 Å². The van der Waals surface area contributed by atoms with Crippen molar-refractivity contribution in [2.75, 3.05) is 4.90 Å². The minimum absolute atomic E-state index is 0.559. The fourth-order valence-electron chi connectivity index (χ4n) is 16.1. The molecule has 0 N–H and O–H groups in total. The van der Waals surface area contributed by atoms with Crippen molar-refractivity contribution in [2.24, 2.45) is 0 Å². The molecule has 5 aliphatic rings. The van der Waals surface area contributed by atoms with E-state index < -0.39 is 16.2 Å². The predicted molar refractivity (Wildman–Crippen MR) is 347 cm³/mol. The summed E-state index contributed by atoms with van der Waals surface area (Å²) in [5.41, 5.74) is 27.2. The summed E-state index contributed by atoms with van der Waals surface area (Å²) >= 11 is 3.79. The molecule has 2 spiro atoms. The number of nitrogens with zero attached hydrogens (tertiary/aromatic N) is 1. The van der Waals surface area contributed by atoms with Gasteiger partial charge < -0.3 is 4.90 Å². The van der Waals surface area contributed by atoms with Gasteiger partial charge in [-0.05, 0) is 149 Å². The SMILES string of the molecule is c1ccc(C2(c3ccccc3)c3ccccc3-c3c(-c4ccccc4N(c4ccc5c(c4)C4(c6ccccc6Sc6ccccc64)c4ccccc4-5)c4cccc5c4-c4ccccc4C54c5ccccc5Sc5ccccc54)cccc32)cc1. The molecule has 18 rings (SSSR count). The fourth-order valence-corrected chi connectivity index (χ4v) is 18.5. The van der Waals surface area contributed by atoms with Gasteiger partial charge in [0.2, 0.25) is 0 Å². The quantitative estimate of drug-likeness (QED) is 0.163. The van der Waals surface area contributed by atoms with Crippen LogP contribution in [0.25, 0.3) is 44.5 Å². The first kappa shape index (κ1) is 47.9. The number of para-hydroxylation sites is 1. The Kier molecular flexibility index (Phi) is 10.4. The van der Waals surface area contributed by atoms with Gasteiger partial charge in [0.25, 0.3) is 0 Å². The number of benzene rings is 13. The third-order valence-corrected chi connectivity index (χ3v) is 21.4. The number of hydrogen-bond acceptors (Lipinski definition) is 3.